The van der Waals surface area contributed by atoms with Crippen molar-refractivity contribution in [1.82, 2.24) is 19.7 Å². The van der Waals surface area contributed by atoms with Crippen LogP contribution in [0.25, 0.3) is 5.82 Å². The number of nitrogens with zero attached hydrogens (tertiary/aromatic N) is 4. The molecule has 0 fully saturated rings. The predicted octanol–water partition coefficient (Wildman–Crippen LogP) is 2.83. The molecule has 2 rings (SSSR count). The van der Waals surface area contributed by atoms with Crippen molar-refractivity contribution < 1.29 is 0 Å². The van der Waals surface area contributed by atoms with Crippen LogP contribution < -0.4 is 5.32 Å². The number of nitrogens with one attached hydrogen (secondary N) is 1. The van der Waals surface area contributed by atoms with Crippen molar-refractivity contribution in [1.29, 1.82) is 0 Å². The Hall–Kier alpha value is -1.91. The lowest BCUT2D eigenvalue weighted by Gasteiger charge is -2.11. The Balaban J connectivity index is 2.52. The largest absolute Gasteiger partial charge is 0.370 e. The van der Waals surface area contributed by atoms with Gasteiger partial charge in [-0.2, -0.15) is 5.10 Å². The highest BCUT2D eigenvalue weighted by molar-refractivity contribution is 5.42. The van der Waals surface area contributed by atoms with Crippen molar-refractivity contribution in [3.8, 4) is 5.82 Å². The smallest absolute Gasteiger partial charge is 0.159 e. The van der Waals surface area contributed by atoms with Gasteiger partial charge in [-0.25, -0.2) is 14.6 Å². The third kappa shape index (κ3) is 2.92. The molecular formula is C14H21N5. The molecule has 0 spiro atoms. The van der Waals surface area contributed by atoms with E-state index in [2.05, 4.69) is 41.2 Å². The Bertz CT molecular complexity index is 571. The Morgan fingerprint density at radius 2 is 1.95 bits per heavy atom. The Morgan fingerprint density at radius 3 is 2.47 bits per heavy atom. The highest BCUT2D eigenvalue weighted by atomic mass is 15.3. The molecule has 5 heteroatoms. The number of aromatic nitrogens is 4. The minimum Gasteiger partial charge on any atom is -0.370 e. The fourth-order valence-electron chi connectivity index (χ4n) is 1.95. The van der Waals surface area contributed by atoms with E-state index in [0.717, 1.165) is 35.4 Å². The molecule has 0 aliphatic rings. The van der Waals surface area contributed by atoms with Crippen molar-refractivity contribution in [2.24, 2.45) is 0 Å². The van der Waals surface area contributed by atoms with Crippen molar-refractivity contribution in [2.45, 2.75) is 40.5 Å². The molecule has 0 unspecified atom stereocenters. The standard InChI is InChI=1S/C14H21N5/c1-6-15-12-8-13(17-14(16-12)9(2)3)19-11(5)7-10(4)18-19/h7-9H,6H2,1-5H3,(H,15,16,17). The van der Waals surface area contributed by atoms with Gasteiger partial charge in [-0.15, -0.1) is 0 Å². The second kappa shape index (κ2) is 5.38. The Morgan fingerprint density at radius 1 is 1.21 bits per heavy atom. The summed E-state index contributed by atoms with van der Waals surface area (Å²) in [7, 11) is 0. The first-order chi connectivity index (χ1) is 9.01. The second-order valence-corrected chi connectivity index (χ2v) is 4.99. The normalized spacial score (nSPS) is 11.1. The zero-order valence-electron chi connectivity index (χ0n) is 12.2. The van der Waals surface area contributed by atoms with Gasteiger partial charge in [0.15, 0.2) is 5.82 Å². The first-order valence-corrected chi connectivity index (χ1v) is 6.67. The third-order valence-corrected chi connectivity index (χ3v) is 2.83. The van der Waals surface area contributed by atoms with Crippen LogP contribution in [-0.2, 0) is 0 Å². The van der Waals surface area contributed by atoms with E-state index in [0.29, 0.717) is 0 Å². The summed E-state index contributed by atoms with van der Waals surface area (Å²) in [6.07, 6.45) is 0. The van der Waals surface area contributed by atoms with E-state index in [-0.39, 0.29) is 5.92 Å². The lowest BCUT2D eigenvalue weighted by molar-refractivity contribution is 0.736. The highest BCUT2D eigenvalue weighted by Crippen LogP contribution is 2.17. The summed E-state index contributed by atoms with van der Waals surface area (Å²) in [5.74, 6) is 2.79. The maximum atomic E-state index is 4.61. The quantitative estimate of drug-likeness (QED) is 0.917. The van der Waals surface area contributed by atoms with E-state index in [9.17, 15) is 0 Å². The molecule has 5 nitrogen and oxygen atoms in total. The average molecular weight is 259 g/mol. The van der Waals surface area contributed by atoms with Crippen molar-refractivity contribution in [3.05, 3.63) is 29.3 Å². The molecule has 1 N–H and O–H groups in total. The van der Waals surface area contributed by atoms with Gasteiger partial charge >= 0.3 is 0 Å². The zero-order valence-corrected chi connectivity index (χ0v) is 12.2. The molecule has 2 heterocycles. The molecule has 0 bridgehead atoms. The van der Waals surface area contributed by atoms with E-state index in [1.54, 1.807) is 0 Å². The third-order valence-electron chi connectivity index (χ3n) is 2.83. The lowest BCUT2D eigenvalue weighted by Crippen LogP contribution is -2.10. The molecule has 102 valence electrons. The molecule has 0 radical (unpaired) electrons. The fraction of sp³-hybridized carbons (Fsp3) is 0.500. The van der Waals surface area contributed by atoms with Gasteiger partial charge in [0.2, 0.25) is 0 Å². The molecule has 19 heavy (non-hydrogen) atoms. The van der Waals surface area contributed by atoms with Crippen LogP contribution in [0.2, 0.25) is 0 Å². The molecule has 0 aliphatic carbocycles. The number of aryl methyl sites for hydroxylation is 2. The summed E-state index contributed by atoms with van der Waals surface area (Å²) in [5.41, 5.74) is 2.07. The van der Waals surface area contributed by atoms with Crippen molar-refractivity contribution >= 4 is 5.82 Å². The molecular weight excluding hydrogens is 238 g/mol. The van der Waals surface area contributed by atoms with E-state index >= 15 is 0 Å². The maximum absolute atomic E-state index is 4.61. The fourth-order valence-corrected chi connectivity index (χ4v) is 1.95. The Labute approximate surface area is 114 Å². The first-order valence-electron chi connectivity index (χ1n) is 6.67. The van der Waals surface area contributed by atoms with Gasteiger partial charge in [-0.3, -0.25) is 0 Å². The maximum Gasteiger partial charge on any atom is 0.159 e. The van der Waals surface area contributed by atoms with Crippen LogP contribution in [0.5, 0.6) is 0 Å². The minimum absolute atomic E-state index is 0.286. The van der Waals surface area contributed by atoms with Crippen LogP contribution in [0.4, 0.5) is 5.82 Å². The molecule has 0 atom stereocenters. The predicted molar refractivity (Wildman–Crippen MR) is 76.9 cm³/mol. The summed E-state index contributed by atoms with van der Waals surface area (Å²) in [5, 5.41) is 7.73. The van der Waals surface area contributed by atoms with Gasteiger partial charge in [0.1, 0.15) is 11.6 Å². The van der Waals surface area contributed by atoms with E-state index in [4.69, 9.17) is 0 Å². The van der Waals surface area contributed by atoms with Crippen LogP contribution in [0, 0.1) is 13.8 Å². The van der Waals surface area contributed by atoms with Gasteiger partial charge in [0.05, 0.1) is 5.69 Å². The average Bonchev–Trinajstić information content (AvgIpc) is 2.68. The SMILES string of the molecule is CCNc1cc(-n2nc(C)cc2C)nc(C(C)C)n1. The summed E-state index contributed by atoms with van der Waals surface area (Å²) in [6, 6.07) is 3.99. The molecule has 0 amide bonds. The summed E-state index contributed by atoms with van der Waals surface area (Å²) >= 11 is 0. The molecule has 0 saturated carbocycles. The molecule has 2 aromatic heterocycles. The van der Waals surface area contributed by atoms with Gasteiger partial charge < -0.3 is 5.32 Å². The van der Waals surface area contributed by atoms with E-state index in [1.165, 1.54) is 0 Å². The summed E-state index contributed by atoms with van der Waals surface area (Å²) in [4.78, 5) is 9.13. The topological polar surface area (TPSA) is 55.6 Å². The lowest BCUT2D eigenvalue weighted by atomic mass is 10.2. The Kier molecular flexibility index (Phi) is 3.83. The summed E-state index contributed by atoms with van der Waals surface area (Å²) in [6.45, 7) is 11.1. The number of hydrogen-bond donors (Lipinski definition) is 1. The van der Waals surface area contributed by atoms with Crippen molar-refractivity contribution in [3.63, 3.8) is 0 Å². The van der Waals surface area contributed by atoms with Crippen molar-refractivity contribution in [2.75, 3.05) is 11.9 Å². The van der Waals surface area contributed by atoms with Crippen LogP contribution in [0.15, 0.2) is 12.1 Å². The second-order valence-electron chi connectivity index (χ2n) is 4.99. The summed E-state index contributed by atoms with van der Waals surface area (Å²) < 4.78 is 1.86. The number of rotatable bonds is 4. The number of anilines is 1. The zero-order chi connectivity index (χ0) is 14.0. The molecule has 2 aromatic rings. The van der Waals surface area contributed by atoms with Crippen LogP contribution in [-0.4, -0.2) is 26.3 Å². The van der Waals surface area contributed by atoms with Crippen LogP contribution >= 0.6 is 0 Å². The number of hydrogen-bond acceptors (Lipinski definition) is 4. The highest BCUT2D eigenvalue weighted by Gasteiger charge is 2.11. The van der Waals surface area contributed by atoms with Gasteiger partial charge in [-0.05, 0) is 26.8 Å². The first kappa shape index (κ1) is 13.5. The van der Waals surface area contributed by atoms with E-state index in [1.807, 2.05) is 30.7 Å². The van der Waals surface area contributed by atoms with Gasteiger partial charge in [-0.1, -0.05) is 13.8 Å². The van der Waals surface area contributed by atoms with E-state index < -0.39 is 0 Å². The molecule has 0 saturated heterocycles. The molecule has 0 aromatic carbocycles. The van der Waals surface area contributed by atoms with Crippen LogP contribution in [0.1, 0.15) is 43.9 Å². The van der Waals surface area contributed by atoms with Gasteiger partial charge in [0, 0.05) is 24.2 Å². The van der Waals surface area contributed by atoms with Gasteiger partial charge in [0.25, 0.3) is 0 Å². The minimum atomic E-state index is 0.286. The van der Waals surface area contributed by atoms with Crippen LogP contribution in [0.3, 0.4) is 0 Å². The monoisotopic (exact) mass is 259 g/mol. The molecule has 0 aliphatic heterocycles.